The topological polar surface area (TPSA) is 66.0 Å². The number of carbonyl (C=O) groups is 1. The lowest BCUT2D eigenvalue weighted by Gasteiger charge is -2.20. The third kappa shape index (κ3) is 3.90. The number of quaternary nitrogens is 1. The van der Waals surface area contributed by atoms with Crippen molar-refractivity contribution in [2.24, 2.45) is 0 Å². The number of para-hydroxylation sites is 1. The fourth-order valence-corrected chi connectivity index (χ4v) is 1.27. The van der Waals surface area contributed by atoms with Gasteiger partial charge in [-0.25, -0.2) is 4.79 Å². The van der Waals surface area contributed by atoms with Gasteiger partial charge in [0.1, 0.15) is 12.1 Å². The van der Waals surface area contributed by atoms with E-state index in [9.17, 15) is 4.79 Å². The van der Waals surface area contributed by atoms with Crippen LogP contribution < -0.4 is 11.1 Å². The molecule has 0 spiro atoms. The van der Waals surface area contributed by atoms with Gasteiger partial charge in [-0.05, 0) is 26.8 Å². The molecular weight excluding hydrogens is 204 g/mol. The van der Waals surface area contributed by atoms with E-state index in [0.717, 1.165) is 11.3 Å². The zero-order chi connectivity index (χ0) is 12.2. The predicted molar refractivity (Wildman–Crippen MR) is 62.9 cm³/mol. The summed E-state index contributed by atoms with van der Waals surface area (Å²) in [4.78, 5) is 11.5. The number of rotatable bonds is 2. The fourth-order valence-electron chi connectivity index (χ4n) is 1.27. The van der Waals surface area contributed by atoms with Crippen LogP contribution in [0.15, 0.2) is 24.3 Å². The molecule has 0 fully saturated rings. The summed E-state index contributed by atoms with van der Waals surface area (Å²) in [5, 5.41) is 2.72. The molecular formula is C12H19N2O2+. The first-order valence-electron chi connectivity index (χ1n) is 5.29. The summed E-state index contributed by atoms with van der Waals surface area (Å²) in [6.45, 7) is 6.13. The molecule has 0 bridgehead atoms. The van der Waals surface area contributed by atoms with Crippen LogP contribution in [0.3, 0.4) is 0 Å². The molecule has 0 saturated carbocycles. The van der Waals surface area contributed by atoms with Crippen LogP contribution in [0.5, 0.6) is 0 Å². The average molecular weight is 223 g/mol. The quantitative estimate of drug-likeness (QED) is 0.802. The van der Waals surface area contributed by atoms with Gasteiger partial charge in [0.25, 0.3) is 0 Å². The van der Waals surface area contributed by atoms with E-state index in [0.29, 0.717) is 6.54 Å². The van der Waals surface area contributed by atoms with E-state index in [1.807, 2.05) is 45.0 Å². The molecule has 0 aliphatic heterocycles. The molecule has 0 atom stereocenters. The largest absolute Gasteiger partial charge is 0.444 e. The number of hydrogen-bond donors (Lipinski definition) is 2. The molecule has 0 aromatic heterocycles. The molecule has 1 rings (SSSR count). The van der Waals surface area contributed by atoms with Gasteiger partial charge in [-0.3, -0.25) is 5.32 Å². The highest BCUT2D eigenvalue weighted by atomic mass is 16.6. The van der Waals surface area contributed by atoms with Gasteiger partial charge in [-0.1, -0.05) is 18.2 Å². The molecule has 0 aliphatic rings. The molecule has 0 radical (unpaired) electrons. The number of nitrogens with one attached hydrogen (secondary N) is 1. The SMILES string of the molecule is CC(C)(C)OC(=O)Nc1ccccc1C[NH3+]. The lowest BCUT2D eigenvalue weighted by Crippen LogP contribution is -2.47. The van der Waals surface area contributed by atoms with Crippen LogP contribution in [0.25, 0.3) is 0 Å². The summed E-state index contributed by atoms with van der Waals surface area (Å²) in [6.07, 6.45) is -0.437. The monoisotopic (exact) mass is 223 g/mol. The van der Waals surface area contributed by atoms with Crippen molar-refractivity contribution in [2.45, 2.75) is 32.9 Å². The van der Waals surface area contributed by atoms with Crippen molar-refractivity contribution < 1.29 is 15.3 Å². The van der Waals surface area contributed by atoms with Crippen molar-refractivity contribution in [1.29, 1.82) is 0 Å². The Hall–Kier alpha value is -1.55. The zero-order valence-corrected chi connectivity index (χ0v) is 10.0. The molecule has 1 amide bonds. The molecule has 0 aliphatic carbocycles. The Kier molecular flexibility index (Phi) is 3.90. The van der Waals surface area contributed by atoms with E-state index in [-0.39, 0.29) is 0 Å². The van der Waals surface area contributed by atoms with Crippen LogP contribution in [0.4, 0.5) is 10.5 Å². The predicted octanol–water partition coefficient (Wildman–Crippen LogP) is 1.78. The Morgan fingerprint density at radius 3 is 2.56 bits per heavy atom. The molecule has 4 nitrogen and oxygen atoms in total. The van der Waals surface area contributed by atoms with Crippen LogP contribution in [0, 0.1) is 0 Å². The van der Waals surface area contributed by atoms with Crippen LogP contribution in [0.1, 0.15) is 26.3 Å². The maximum Gasteiger partial charge on any atom is 0.412 e. The van der Waals surface area contributed by atoms with Gasteiger partial charge in [-0.2, -0.15) is 0 Å². The fraction of sp³-hybridized carbons (Fsp3) is 0.417. The number of anilines is 1. The number of amides is 1. The molecule has 16 heavy (non-hydrogen) atoms. The highest BCUT2D eigenvalue weighted by Crippen LogP contribution is 2.15. The van der Waals surface area contributed by atoms with Gasteiger partial charge in [0.2, 0.25) is 0 Å². The van der Waals surface area contributed by atoms with Crippen LogP contribution in [-0.4, -0.2) is 11.7 Å². The molecule has 1 aromatic rings. The lowest BCUT2D eigenvalue weighted by molar-refractivity contribution is -0.386. The third-order valence-electron chi connectivity index (χ3n) is 1.92. The summed E-state index contributed by atoms with van der Waals surface area (Å²) >= 11 is 0. The first-order chi connectivity index (χ1) is 7.42. The van der Waals surface area contributed by atoms with Gasteiger partial charge in [0, 0.05) is 5.56 Å². The van der Waals surface area contributed by atoms with Gasteiger partial charge in [-0.15, -0.1) is 0 Å². The number of carbonyl (C=O) groups excluding carboxylic acids is 1. The minimum atomic E-state index is -0.483. The van der Waals surface area contributed by atoms with Gasteiger partial charge < -0.3 is 10.5 Å². The van der Waals surface area contributed by atoms with E-state index in [1.165, 1.54) is 0 Å². The summed E-state index contributed by atoms with van der Waals surface area (Å²) < 4.78 is 5.17. The van der Waals surface area contributed by atoms with Crippen molar-refractivity contribution in [3.63, 3.8) is 0 Å². The summed E-state index contributed by atoms with van der Waals surface area (Å²) in [5.74, 6) is 0. The molecule has 1 aromatic carbocycles. The Balaban J connectivity index is 2.70. The molecule has 4 N–H and O–H groups in total. The Morgan fingerprint density at radius 2 is 2.00 bits per heavy atom. The minimum absolute atomic E-state index is 0.437. The van der Waals surface area contributed by atoms with E-state index < -0.39 is 11.7 Å². The van der Waals surface area contributed by atoms with Crippen LogP contribution >= 0.6 is 0 Å². The summed E-state index contributed by atoms with van der Waals surface area (Å²) in [5.41, 5.74) is 5.07. The highest BCUT2D eigenvalue weighted by molar-refractivity contribution is 5.85. The van der Waals surface area contributed by atoms with Crippen molar-refractivity contribution in [1.82, 2.24) is 0 Å². The maximum absolute atomic E-state index is 11.5. The zero-order valence-electron chi connectivity index (χ0n) is 10.0. The number of benzene rings is 1. The smallest absolute Gasteiger partial charge is 0.412 e. The minimum Gasteiger partial charge on any atom is -0.444 e. The Morgan fingerprint density at radius 1 is 1.38 bits per heavy atom. The van der Waals surface area contributed by atoms with Crippen molar-refractivity contribution in [3.8, 4) is 0 Å². The average Bonchev–Trinajstić information content (AvgIpc) is 2.15. The third-order valence-corrected chi connectivity index (χ3v) is 1.92. The normalized spacial score (nSPS) is 11.0. The second-order valence-corrected chi connectivity index (χ2v) is 4.53. The van der Waals surface area contributed by atoms with Gasteiger partial charge in [0.05, 0.1) is 5.69 Å². The van der Waals surface area contributed by atoms with Crippen molar-refractivity contribution in [3.05, 3.63) is 29.8 Å². The molecule has 0 saturated heterocycles. The second-order valence-electron chi connectivity index (χ2n) is 4.53. The second kappa shape index (κ2) is 4.99. The van der Waals surface area contributed by atoms with Gasteiger partial charge in [0.15, 0.2) is 0 Å². The Labute approximate surface area is 95.8 Å². The number of ether oxygens (including phenoxy) is 1. The van der Waals surface area contributed by atoms with E-state index in [2.05, 4.69) is 11.1 Å². The first kappa shape index (κ1) is 12.5. The number of hydrogen-bond acceptors (Lipinski definition) is 2. The van der Waals surface area contributed by atoms with E-state index in [4.69, 9.17) is 4.74 Å². The highest BCUT2D eigenvalue weighted by Gasteiger charge is 2.16. The molecule has 4 heteroatoms. The maximum atomic E-state index is 11.5. The van der Waals surface area contributed by atoms with Crippen LogP contribution in [-0.2, 0) is 11.3 Å². The summed E-state index contributed by atoms with van der Waals surface area (Å²) in [7, 11) is 0. The molecule has 88 valence electrons. The first-order valence-corrected chi connectivity index (χ1v) is 5.29. The van der Waals surface area contributed by atoms with E-state index >= 15 is 0 Å². The lowest BCUT2D eigenvalue weighted by atomic mass is 10.2. The van der Waals surface area contributed by atoms with Crippen molar-refractivity contribution >= 4 is 11.8 Å². The molecule has 0 unspecified atom stereocenters. The van der Waals surface area contributed by atoms with Crippen LogP contribution in [0.2, 0.25) is 0 Å². The molecule has 0 heterocycles. The summed E-state index contributed by atoms with van der Waals surface area (Å²) in [6, 6.07) is 7.55. The van der Waals surface area contributed by atoms with E-state index in [1.54, 1.807) is 0 Å². The standard InChI is InChI=1S/C12H18N2O2/c1-12(2,3)16-11(15)14-10-7-5-4-6-9(10)8-13/h4-7H,8,13H2,1-3H3,(H,14,15)/p+1. The van der Waals surface area contributed by atoms with Crippen molar-refractivity contribution in [2.75, 3.05) is 5.32 Å². The Bertz CT molecular complexity index is 370. The van der Waals surface area contributed by atoms with Gasteiger partial charge >= 0.3 is 6.09 Å².